The van der Waals surface area contributed by atoms with Crippen molar-refractivity contribution in [3.8, 4) is 10.6 Å². The number of hydrogen-bond acceptors (Lipinski definition) is 8. The van der Waals surface area contributed by atoms with Crippen LogP contribution in [-0.2, 0) is 21.7 Å². The highest BCUT2D eigenvalue weighted by molar-refractivity contribution is 7.92. The minimum atomic E-state index is -1.53. The van der Waals surface area contributed by atoms with Gasteiger partial charge in [0.1, 0.15) is 5.56 Å². The number of pyridine rings is 2. The van der Waals surface area contributed by atoms with Crippen molar-refractivity contribution >= 4 is 28.5 Å². The molecule has 3 aromatic rings. The second-order valence-corrected chi connectivity index (χ2v) is 7.66. The minimum Gasteiger partial charge on any atom is -0.618 e. The van der Waals surface area contributed by atoms with Gasteiger partial charge in [0.2, 0.25) is 5.69 Å². The molecule has 0 saturated heterocycles. The van der Waals surface area contributed by atoms with E-state index in [9.17, 15) is 14.6 Å². The summed E-state index contributed by atoms with van der Waals surface area (Å²) in [5.74, 6) is -0.608. The molecule has 0 aliphatic rings. The Morgan fingerprint density at radius 1 is 1.35 bits per heavy atom. The second kappa shape index (κ2) is 8.21. The molecule has 0 spiro atoms. The third-order valence-electron chi connectivity index (χ3n) is 3.29. The van der Waals surface area contributed by atoms with Crippen LogP contribution in [0.5, 0.6) is 0 Å². The summed E-state index contributed by atoms with van der Waals surface area (Å²) in [6, 6.07) is 6.54. The average molecular weight is 390 g/mol. The predicted octanol–water partition coefficient (Wildman–Crippen LogP) is 1.72. The zero-order chi connectivity index (χ0) is 18.5. The van der Waals surface area contributed by atoms with Gasteiger partial charge in [0.05, 0.1) is 6.61 Å². The van der Waals surface area contributed by atoms with Gasteiger partial charge in [-0.25, -0.2) is 4.79 Å². The Hall–Kier alpha value is -2.56. The first-order valence-electron chi connectivity index (χ1n) is 7.60. The molecule has 3 heterocycles. The quantitative estimate of drug-likeness (QED) is 0.272. The first-order chi connectivity index (χ1) is 12.6. The van der Waals surface area contributed by atoms with E-state index in [4.69, 9.17) is 4.74 Å². The van der Waals surface area contributed by atoms with Crippen LogP contribution in [-0.4, -0.2) is 32.3 Å². The lowest BCUT2D eigenvalue weighted by atomic mass is 10.2. The van der Waals surface area contributed by atoms with Gasteiger partial charge in [0.15, 0.2) is 17.0 Å². The molecule has 3 aromatic heterocycles. The van der Waals surface area contributed by atoms with Crippen LogP contribution in [0.3, 0.4) is 0 Å². The fourth-order valence-corrected chi connectivity index (χ4v) is 4.16. The summed E-state index contributed by atoms with van der Waals surface area (Å²) in [4.78, 5) is 15.6. The highest BCUT2D eigenvalue weighted by Gasteiger charge is 2.24. The number of rotatable bonds is 6. The van der Waals surface area contributed by atoms with Crippen molar-refractivity contribution in [2.45, 2.75) is 17.0 Å². The number of nitrogens with zero attached hydrogens (tertiary/aromatic N) is 4. The van der Waals surface area contributed by atoms with E-state index >= 15 is 0 Å². The minimum absolute atomic E-state index is 0.0335. The van der Waals surface area contributed by atoms with Crippen molar-refractivity contribution < 1.29 is 18.8 Å². The van der Waals surface area contributed by atoms with E-state index in [1.165, 1.54) is 23.5 Å². The molecule has 3 rings (SSSR count). The highest BCUT2D eigenvalue weighted by atomic mass is 32.2. The Morgan fingerprint density at radius 3 is 2.88 bits per heavy atom. The van der Waals surface area contributed by atoms with E-state index < -0.39 is 17.1 Å². The summed E-state index contributed by atoms with van der Waals surface area (Å²) in [5.41, 5.74) is 1.19. The number of hydrogen-bond donors (Lipinski definition) is 0. The van der Waals surface area contributed by atoms with Gasteiger partial charge in [-0.1, -0.05) is 5.10 Å². The average Bonchev–Trinajstić information content (AvgIpc) is 3.14. The van der Waals surface area contributed by atoms with Gasteiger partial charge in [-0.05, 0) is 36.5 Å². The van der Waals surface area contributed by atoms with Crippen molar-refractivity contribution in [3.05, 3.63) is 59.3 Å². The van der Waals surface area contributed by atoms with Crippen molar-refractivity contribution in [3.63, 3.8) is 0 Å². The lowest BCUT2D eigenvalue weighted by Gasteiger charge is -2.08. The molecular weight excluding hydrogens is 376 g/mol. The SMILES string of the molecule is CCOC(=O)c1ccc(C[S+]([O-])c2nnc(-c3cccnc3)s2)[n+]([O-])c1. The Bertz CT molecular complexity index is 904. The standard InChI is InChI=1S/C16H14N4O4S2/c1-2-24-15(21)12-5-6-13(20(22)9-12)10-26(23)16-19-18-14(25-16)11-4-3-7-17-8-11/h3-9H,2,10H2,1H3. The summed E-state index contributed by atoms with van der Waals surface area (Å²) < 4.78 is 18.2. The zero-order valence-electron chi connectivity index (χ0n) is 13.7. The summed E-state index contributed by atoms with van der Waals surface area (Å²) in [7, 11) is 0. The van der Waals surface area contributed by atoms with Gasteiger partial charge in [-0.3, -0.25) is 4.98 Å². The molecule has 8 nitrogen and oxygen atoms in total. The van der Waals surface area contributed by atoms with Gasteiger partial charge < -0.3 is 14.5 Å². The number of carbonyl (C=O) groups is 1. The van der Waals surface area contributed by atoms with Crippen LogP contribution in [0.15, 0.2) is 47.2 Å². The highest BCUT2D eigenvalue weighted by Crippen LogP contribution is 2.26. The largest absolute Gasteiger partial charge is 0.618 e. The first kappa shape index (κ1) is 18.2. The third kappa shape index (κ3) is 4.15. The van der Waals surface area contributed by atoms with Crippen LogP contribution in [0.4, 0.5) is 0 Å². The molecule has 0 aliphatic carbocycles. The molecule has 0 bridgehead atoms. The molecule has 0 aromatic carbocycles. The van der Waals surface area contributed by atoms with E-state index in [0.717, 1.165) is 11.8 Å². The second-order valence-electron chi connectivity index (χ2n) is 5.06. The Balaban J connectivity index is 1.73. The van der Waals surface area contributed by atoms with Crippen molar-refractivity contribution in [1.29, 1.82) is 0 Å². The molecule has 0 radical (unpaired) electrons. The van der Waals surface area contributed by atoms with Crippen LogP contribution in [0.1, 0.15) is 23.0 Å². The molecule has 1 unspecified atom stereocenters. The summed E-state index contributed by atoms with van der Waals surface area (Å²) in [6.07, 6.45) is 4.41. The van der Waals surface area contributed by atoms with Crippen LogP contribution < -0.4 is 4.73 Å². The third-order valence-corrected chi connectivity index (χ3v) is 5.90. The molecular formula is C16H14N4O4S2. The summed E-state index contributed by atoms with van der Waals surface area (Å²) in [5, 5.41) is 20.6. The van der Waals surface area contributed by atoms with Gasteiger partial charge >= 0.3 is 10.3 Å². The maximum absolute atomic E-state index is 12.5. The monoisotopic (exact) mass is 390 g/mol. The molecule has 134 valence electrons. The maximum atomic E-state index is 12.5. The number of aromatic nitrogens is 4. The molecule has 0 amide bonds. The fraction of sp³-hybridized carbons (Fsp3) is 0.188. The number of carbonyl (C=O) groups excluding carboxylic acids is 1. The molecule has 0 saturated carbocycles. The summed E-state index contributed by atoms with van der Waals surface area (Å²) in [6.45, 7) is 1.91. The van der Waals surface area contributed by atoms with Gasteiger partial charge in [-0.2, -0.15) is 4.73 Å². The van der Waals surface area contributed by atoms with E-state index in [2.05, 4.69) is 15.2 Å². The van der Waals surface area contributed by atoms with E-state index in [-0.39, 0.29) is 23.6 Å². The Kier molecular flexibility index (Phi) is 5.76. The van der Waals surface area contributed by atoms with Crippen LogP contribution in [0.25, 0.3) is 10.6 Å². The number of ether oxygens (including phenoxy) is 1. The first-order valence-corrected chi connectivity index (χ1v) is 9.73. The maximum Gasteiger partial charge on any atom is 0.344 e. The van der Waals surface area contributed by atoms with E-state index in [1.807, 2.05) is 6.07 Å². The summed E-state index contributed by atoms with van der Waals surface area (Å²) >= 11 is -0.345. The van der Waals surface area contributed by atoms with Crippen LogP contribution >= 0.6 is 11.3 Å². The smallest absolute Gasteiger partial charge is 0.344 e. The van der Waals surface area contributed by atoms with Crippen LogP contribution in [0.2, 0.25) is 0 Å². The fourth-order valence-electron chi connectivity index (χ4n) is 2.06. The van der Waals surface area contributed by atoms with Gasteiger partial charge in [-0.15, -0.1) is 5.10 Å². The molecule has 0 N–H and O–H groups in total. The van der Waals surface area contributed by atoms with Crippen molar-refractivity contribution in [1.82, 2.24) is 15.2 Å². The van der Waals surface area contributed by atoms with E-state index in [0.29, 0.717) is 14.1 Å². The molecule has 10 heteroatoms. The topological polar surface area (TPSA) is 115 Å². The molecule has 0 fully saturated rings. The number of esters is 1. The van der Waals surface area contributed by atoms with Crippen molar-refractivity contribution in [2.75, 3.05) is 6.61 Å². The zero-order valence-corrected chi connectivity index (χ0v) is 15.3. The lowest BCUT2D eigenvalue weighted by Crippen LogP contribution is -2.34. The molecule has 1 atom stereocenters. The van der Waals surface area contributed by atoms with E-state index in [1.54, 1.807) is 25.4 Å². The molecule has 26 heavy (non-hydrogen) atoms. The Morgan fingerprint density at radius 2 is 2.19 bits per heavy atom. The predicted molar refractivity (Wildman–Crippen MR) is 94.6 cm³/mol. The normalized spacial score (nSPS) is 11.9. The lowest BCUT2D eigenvalue weighted by molar-refractivity contribution is -0.613. The van der Waals surface area contributed by atoms with Gasteiger partial charge in [0.25, 0.3) is 0 Å². The van der Waals surface area contributed by atoms with Crippen LogP contribution in [0, 0.1) is 5.21 Å². The Labute approximate surface area is 156 Å². The molecule has 0 aliphatic heterocycles. The van der Waals surface area contributed by atoms with Crippen molar-refractivity contribution in [2.24, 2.45) is 0 Å². The van der Waals surface area contributed by atoms with Gasteiger partial charge in [0, 0.05) is 35.2 Å².